The zero-order chi connectivity index (χ0) is 13.0. The van der Waals surface area contributed by atoms with Crippen LogP contribution in [0.25, 0.3) is 0 Å². The minimum atomic E-state index is -0.00425. The van der Waals surface area contributed by atoms with Crippen molar-refractivity contribution in [2.24, 2.45) is 0 Å². The number of thiazole rings is 1. The average molecular weight is 259 g/mol. The summed E-state index contributed by atoms with van der Waals surface area (Å²) < 4.78 is 0. The molecule has 1 aromatic heterocycles. The summed E-state index contributed by atoms with van der Waals surface area (Å²) in [7, 11) is 0. The Bertz CT molecular complexity index is 518. The van der Waals surface area contributed by atoms with Gasteiger partial charge in [-0.2, -0.15) is 0 Å². The minimum Gasteiger partial charge on any atom is -0.299 e. The highest BCUT2D eigenvalue weighted by Gasteiger charge is 2.19. The highest BCUT2D eigenvalue weighted by Crippen LogP contribution is 2.23. The van der Waals surface area contributed by atoms with Gasteiger partial charge in [0.1, 0.15) is 10.8 Å². The van der Waals surface area contributed by atoms with E-state index in [0.717, 1.165) is 22.7 Å². The summed E-state index contributed by atoms with van der Waals surface area (Å²) in [6.07, 6.45) is 1.29. The van der Waals surface area contributed by atoms with Gasteiger partial charge in [0.15, 0.2) is 0 Å². The third-order valence-electron chi connectivity index (χ3n) is 2.99. The first-order chi connectivity index (χ1) is 8.70. The maximum atomic E-state index is 12.3. The minimum absolute atomic E-state index is 0.00425. The van der Waals surface area contributed by atoms with Gasteiger partial charge in [0.25, 0.3) is 0 Å². The van der Waals surface area contributed by atoms with Crippen LogP contribution >= 0.6 is 11.3 Å². The van der Waals surface area contributed by atoms with Crippen molar-refractivity contribution in [2.75, 3.05) is 0 Å². The number of aromatic nitrogens is 1. The number of benzene rings is 1. The highest BCUT2D eigenvalue weighted by atomic mass is 32.1. The number of nitrogens with zero attached hydrogens (tertiary/aromatic N) is 1. The zero-order valence-corrected chi connectivity index (χ0v) is 11.5. The van der Waals surface area contributed by atoms with E-state index in [4.69, 9.17) is 0 Å². The summed E-state index contributed by atoms with van der Waals surface area (Å²) in [5.74, 6) is 0.258. The Morgan fingerprint density at radius 2 is 2.06 bits per heavy atom. The van der Waals surface area contributed by atoms with Crippen molar-refractivity contribution in [2.45, 2.75) is 32.6 Å². The molecule has 0 spiro atoms. The molecule has 0 saturated heterocycles. The number of hydrogen-bond donors (Lipinski definition) is 0. The first-order valence-electron chi connectivity index (χ1n) is 6.19. The van der Waals surface area contributed by atoms with Crippen molar-refractivity contribution in [3.8, 4) is 0 Å². The van der Waals surface area contributed by atoms with Crippen molar-refractivity contribution in [3.63, 3.8) is 0 Å². The fraction of sp³-hybridized carbons (Fsp3) is 0.333. The summed E-state index contributed by atoms with van der Waals surface area (Å²) in [6.45, 7) is 4.02. The van der Waals surface area contributed by atoms with Crippen LogP contribution < -0.4 is 0 Å². The maximum absolute atomic E-state index is 12.3. The van der Waals surface area contributed by atoms with Gasteiger partial charge in [0.2, 0.25) is 0 Å². The number of carbonyl (C=O) groups is 1. The van der Waals surface area contributed by atoms with Gasteiger partial charge in [0, 0.05) is 17.0 Å². The van der Waals surface area contributed by atoms with E-state index in [1.807, 2.05) is 42.6 Å². The SMILES string of the molecule is CCC(C(=O)Cc1nc(C)cs1)c1ccccc1. The summed E-state index contributed by atoms with van der Waals surface area (Å²) >= 11 is 1.57. The molecule has 1 atom stereocenters. The molecule has 2 nitrogen and oxygen atoms in total. The van der Waals surface area contributed by atoms with Crippen LogP contribution in [0.15, 0.2) is 35.7 Å². The molecule has 18 heavy (non-hydrogen) atoms. The van der Waals surface area contributed by atoms with Gasteiger partial charge in [-0.05, 0) is 18.9 Å². The summed E-state index contributed by atoms with van der Waals surface area (Å²) in [5.41, 5.74) is 2.11. The molecule has 1 heterocycles. The van der Waals surface area contributed by atoms with Crippen LogP contribution in [-0.2, 0) is 11.2 Å². The molecular formula is C15H17NOS. The van der Waals surface area contributed by atoms with Gasteiger partial charge in [-0.3, -0.25) is 4.79 Å². The normalized spacial score (nSPS) is 12.3. The van der Waals surface area contributed by atoms with Crippen molar-refractivity contribution in [3.05, 3.63) is 52.0 Å². The maximum Gasteiger partial charge on any atom is 0.147 e. The fourth-order valence-corrected chi connectivity index (χ4v) is 2.87. The number of rotatable bonds is 5. The molecule has 0 aliphatic rings. The molecule has 1 unspecified atom stereocenters. The Labute approximate surface area is 112 Å². The lowest BCUT2D eigenvalue weighted by molar-refractivity contribution is -0.119. The van der Waals surface area contributed by atoms with E-state index < -0.39 is 0 Å². The lowest BCUT2D eigenvalue weighted by Crippen LogP contribution is -2.14. The van der Waals surface area contributed by atoms with Crippen LogP contribution in [0.2, 0.25) is 0 Å². The van der Waals surface area contributed by atoms with Crippen LogP contribution in [-0.4, -0.2) is 10.8 Å². The van der Waals surface area contributed by atoms with Crippen molar-refractivity contribution < 1.29 is 4.79 Å². The largest absolute Gasteiger partial charge is 0.299 e. The molecule has 0 bridgehead atoms. The lowest BCUT2D eigenvalue weighted by Gasteiger charge is -2.13. The fourth-order valence-electron chi connectivity index (χ4n) is 2.09. The average Bonchev–Trinajstić information content (AvgIpc) is 2.77. The van der Waals surface area contributed by atoms with Gasteiger partial charge in [0.05, 0.1) is 6.42 Å². The molecule has 0 N–H and O–H groups in total. The second-order valence-electron chi connectivity index (χ2n) is 4.40. The third kappa shape index (κ3) is 3.05. The molecule has 2 rings (SSSR count). The van der Waals surface area contributed by atoms with E-state index in [1.54, 1.807) is 11.3 Å². The Balaban J connectivity index is 2.11. The second kappa shape index (κ2) is 5.91. The molecular weight excluding hydrogens is 242 g/mol. The van der Waals surface area contributed by atoms with Crippen LogP contribution in [0.4, 0.5) is 0 Å². The van der Waals surface area contributed by atoms with Gasteiger partial charge >= 0.3 is 0 Å². The van der Waals surface area contributed by atoms with Crippen LogP contribution in [0, 0.1) is 6.92 Å². The van der Waals surface area contributed by atoms with E-state index in [1.165, 1.54) is 0 Å². The summed E-state index contributed by atoms with van der Waals surface area (Å²) in [6, 6.07) is 10.0. The molecule has 0 amide bonds. The summed E-state index contributed by atoms with van der Waals surface area (Å²) in [5, 5.41) is 2.92. The van der Waals surface area contributed by atoms with Gasteiger partial charge in [-0.1, -0.05) is 37.3 Å². The van der Waals surface area contributed by atoms with E-state index in [-0.39, 0.29) is 11.7 Å². The second-order valence-corrected chi connectivity index (χ2v) is 5.34. The van der Waals surface area contributed by atoms with Gasteiger partial charge in [-0.15, -0.1) is 11.3 Å². The number of carbonyl (C=O) groups excluding carboxylic acids is 1. The monoisotopic (exact) mass is 259 g/mol. The number of hydrogen-bond acceptors (Lipinski definition) is 3. The van der Waals surface area contributed by atoms with Crippen LogP contribution in [0.5, 0.6) is 0 Å². The zero-order valence-electron chi connectivity index (χ0n) is 10.7. The van der Waals surface area contributed by atoms with Crippen molar-refractivity contribution in [1.82, 2.24) is 4.98 Å². The highest BCUT2D eigenvalue weighted by molar-refractivity contribution is 7.09. The Hall–Kier alpha value is -1.48. The van der Waals surface area contributed by atoms with Gasteiger partial charge < -0.3 is 0 Å². The molecule has 1 aromatic carbocycles. The molecule has 2 aromatic rings. The molecule has 3 heteroatoms. The topological polar surface area (TPSA) is 30.0 Å². The van der Waals surface area contributed by atoms with Crippen molar-refractivity contribution in [1.29, 1.82) is 0 Å². The molecule has 0 radical (unpaired) electrons. The van der Waals surface area contributed by atoms with Gasteiger partial charge in [-0.25, -0.2) is 4.98 Å². The lowest BCUT2D eigenvalue weighted by atomic mass is 9.91. The third-order valence-corrected chi connectivity index (χ3v) is 3.96. The molecule has 0 saturated carbocycles. The quantitative estimate of drug-likeness (QED) is 0.818. The van der Waals surface area contributed by atoms with E-state index >= 15 is 0 Å². The first-order valence-corrected chi connectivity index (χ1v) is 7.07. The Morgan fingerprint density at radius 1 is 1.33 bits per heavy atom. The van der Waals surface area contributed by atoms with Crippen molar-refractivity contribution >= 4 is 17.1 Å². The smallest absolute Gasteiger partial charge is 0.147 e. The standard InChI is InChI=1S/C15H17NOS/c1-3-13(12-7-5-4-6-8-12)14(17)9-15-16-11(2)10-18-15/h4-8,10,13H,3,9H2,1-2H3. The summed E-state index contributed by atoms with van der Waals surface area (Å²) in [4.78, 5) is 16.7. The number of aryl methyl sites for hydroxylation is 1. The predicted molar refractivity (Wildman–Crippen MR) is 75.0 cm³/mol. The molecule has 0 aliphatic heterocycles. The molecule has 94 valence electrons. The number of Topliss-reactive ketones (excluding diaryl/α,β-unsaturated/α-hetero) is 1. The van der Waals surface area contributed by atoms with E-state index in [2.05, 4.69) is 11.9 Å². The molecule has 0 aliphatic carbocycles. The van der Waals surface area contributed by atoms with E-state index in [9.17, 15) is 4.79 Å². The van der Waals surface area contributed by atoms with Crippen LogP contribution in [0.3, 0.4) is 0 Å². The predicted octanol–water partition coefficient (Wildman–Crippen LogP) is 3.76. The Morgan fingerprint density at radius 3 is 2.61 bits per heavy atom. The Kier molecular flexibility index (Phi) is 4.26. The van der Waals surface area contributed by atoms with Crippen LogP contribution in [0.1, 0.15) is 35.5 Å². The van der Waals surface area contributed by atoms with E-state index in [0.29, 0.717) is 6.42 Å². The number of ketones is 1. The molecule has 0 fully saturated rings. The first kappa shape index (κ1) is 13.0.